The van der Waals surface area contributed by atoms with Crippen molar-refractivity contribution in [2.45, 2.75) is 30.7 Å². The van der Waals surface area contributed by atoms with Crippen LogP contribution in [0.2, 0.25) is 3.43 Å². The summed E-state index contributed by atoms with van der Waals surface area (Å²) in [5, 5.41) is 6.32. The van der Waals surface area contributed by atoms with Crippen molar-refractivity contribution in [2.24, 2.45) is 0 Å². The van der Waals surface area contributed by atoms with Crippen molar-refractivity contribution in [1.29, 1.82) is 0 Å². The molecule has 2 radical (unpaired) electrons. The molecule has 0 fully saturated rings. The molecule has 0 spiro atoms. The Morgan fingerprint density at radius 3 is 2.33 bits per heavy atom. The van der Waals surface area contributed by atoms with Gasteiger partial charge in [-0.05, 0) is 0 Å². The predicted octanol–water partition coefficient (Wildman–Crippen LogP) is 3.63. The van der Waals surface area contributed by atoms with Crippen LogP contribution in [0, 0.1) is 0 Å². The van der Waals surface area contributed by atoms with Crippen LogP contribution < -0.4 is 3.71 Å². The Labute approximate surface area is 136 Å². The van der Waals surface area contributed by atoms with E-state index >= 15 is 0 Å². The van der Waals surface area contributed by atoms with Gasteiger partial charge in [-0.3, -0.25) is 0 Å². The van der Waals surface area contributed by atoms with Gasteiger partial charge in [0.2, 0.25) is 0 Å². The molecule has 1 heterocycles. The van der Waals surface area contributed by atoms with Crippen molar-refractivity contribution in [2.75, 3.05) is 0 Å². The molecule has 0 bridgehead atoms. The van der Waals surface area contributed by atoms with Crippen LogP contribution in [-0.2, 0) is 6.54 Å². The molecule has 0 saturated carbocycles. The second-order valence-electron chi connectivity index (χ2n) is 6.38. The number of hydrogen-bond acceptors (Lipinski definition) is 1. The first-order valence-electron chi connectivity index (χ1n) is 7.31. The Morgan fingerprint density at radius 2 is 1.62 bits per heavy atom. The van der Waals surface area contributed by atoms with Gasteiger partial charge in [-0.1, -0.05) is 0 Å². The van der Waals surface area contributed by atoms with Gasteiger partial charge in [0.1, 0.15) is 0 Å². The van der Waals surface area contributed by atoms with Gasteiger partial charge in [0, 0.05) is 0 Å². The summed E-state index contributed by atoms with van der Waals surface area (Å²) < 4.78 is 3.96. The number of fused-ring (bicyclic) bond motifs is 1. The summed E-state index contributed by atoms with van der Waals surface area (Å²) >= 11 is -0.707. The van der Waals surface area contributed by atoms with Crippen molar-refractivity contribution in [1.82, 2.24) is 9.78 Å². The second-order valence-corrected chi connectivity index (χ2v) is 12.7. The van der Waals surface area contributed by atoms with Crippen molar-refractivity contribution >= 4 is 35.8 Å². The molecule has 3 aromatic rings. The van der Waals surface area contributed by atoms with E-state index in [1.54, 1.807) is 0 Å². The van der Waals surface area contributed by atoms with Crippen LogP contribution in [0.15, 0.2) is 54.6 Å². The molecule has 0 unspecified atom stereocenters. The fraction of sp³-hybridized carbons (Fsp3) is 0.278. The van der Waals surface area contributed by atoms with E-state index in [0.717, 1.165) is 6.54 Å². The first kappa shape index (κ1) is 14.6. The van der Waals surface area contributed by atoms with Crippen molar-refractivity contribution in [3.05, 3.63) is 60.2 Å². The van der Waals surface area contributed by atoms with E-state index in [4.69, 9.17) is 5.10 Å². The monoisotopic (exact) mass is 384 g/mol. The first-order chi connectivity index (χ1) is 10.0. The van der Waals surface area contributed by atoms with Crippen LogP contribution in [0.4, 0.5) is 0 Å². The van der Waals surface area contributed by atoms with E-state index in [0.29, 0.717) is 3.43 Å². The molecule has 1 aromatic heterocycles. The summed E-state index contributed by atoms with van der Waals surface area (Å²) in [6, 6.07) is 19.2. The maximum atomic E-state index is 4.96. The van der Waals surface area contributed by atoms with Gasteiger partial charge < -0.3 is 0 Å². The van der Waals surface area contributed by atoms with Crippen LogP contribution in [0.25, 0.3) is 10.9 Å². The summed E-state index contributed by atoms with van der Waals surface area (Å²) in [4.78, 5) is 0. The van der Waals surface area contributed by atoms with Crippen molar-refractivity contribution in [3.8, 4) is 0 Å². The SMILES string of the molecule is C[C](C)(C)[Sn][c]1nn(Cc2ccccc2)c2ccccc12. The van der Waals surface area contributed by atoms with E-state index in [-0.39, 0.29) is 0 Å². The first-order valence-corrected chi connectivity index (χ1v) is 10.2. The van der Waals surface area contributed by atoms with E-state index in [1.807, 2.05) is 0 Å². The Kier molecular flexibility index (Phi) is 4.07. The third kappa shape index (κ3) is 3.49. The van der Waals surface area contributed by atoms with Gasteiger partial charge in [-0.15, -0.1) is 0 Å². The molecule has 2 nitrogen and oxygen atoms in total. The van der Waals surface area contributed by atoms with Gasteiger partial charge in [0.05, 0.1) is 0 Å². The number of nitrogens with zero attached hydrogens (tertiary/aromatic N) is 2. The van der Waals surface area contributed by atoms with E-state index in [1.165, 1.54) is 20.2 Å². The van der Waals surface area contributed by atoms with Gasteiger partial charge in [0.25, 0.3) is 0 Å². The number of benzene rings is 2. The molecule has 2 aromatic carbocycles. The number of aromatic nitrogens is 2. The molecular weight excluding hydrogens is 363 g/mol. The molecule has 0 aliphatic rings. The minimum atomic E-state index is -0.707. The van der Waals surface area contributed by atoms with Crippen molar-refractivity contribution in [3.63, 3.8) is 0 Å². The molecule has 0 atom stereocenters. The Balaban J connectivity index is 2.03. The molecule has 21 heavy (non-hydrogen) atoms. The normalized spacial score (nSPS) is 12.0. The summed E-state index contributed by atoms with van der Waals surface area (Å²) in [7, 11) is 0. The number of hydrogen-bond donors (Lipinski definition) is 0. The second kappa shape index (κ2) is 5.84. The van der Waals surface area contributed by atoms with Gasteiger partial charge in [-0.2, -0.15) is 0 Å². The number of rotatable bonds is 3. The molecule has 0 aliphatic carbocycles. The fourth-order valence-corrected chi connectivity index (χ4v) is 5.95. The summed E-state index contributed by atoms with van der Waals surface area (Å²) in [6.07, 6.45) is 0. The average molecular weight is 383 g/mol. The van der Waals surface area contributed by atoms with Crippen LogP contribution in [0.3, 0.4) is 0 Å². The third-order valence-electron chi connectivity index (χ3n) is 3.33. The topological polar surface area (TPSA) is 17.8 Å². The molecule has 3 heteroatoms. The standard InChI is InChI=1S/C14H11N2.C4H9.Sn/c1-2-6-12(7-3-1)11-16-14-9-5-4-8-13(14)10-15-16;1-4(2)3;/h1-9H,11H2;1-3H3;. The summed E-state index contributed by atoms with van der Waals surface area (Å²) in [5.74, 6) is 0. The minimum absolute atomic E-state index is 0.415. The quantitative estimate of drug-likeness (QED) is 0.632. The Hall–Kier alpha value is -1.29. The fourth-order valence-electron chi connectivity index (χ4n) is 2.45. The zero-order valence-corrected chi connectivity index (χ0v) is 15.7. The molecule has 106 valence electrons. The Morgan fingerprint density at radius 1 is 0.952 bits per heavy atom. The average Bonchev–Trinajstić information content (AvgIpc) is 2.77. The van der Waals surface area contributed by atoms with Gasteiger partial charge >= 0.3 is 136 Å². The van der Waals surface area contributed by atoms with Crippen LogP contribution in [-0.4, -0.2) is 30.9 Å². The summed E-state index contributed by atoms with van der Waals surface area (Å²) in [5.41, 5.74) is 2.57. The maximum absolute atomic E-state index is 4.96. The van der Waals surface area contributed by atoms with E-state index in [9.17, 15) is 0 Å². The Bertz CT molecular complexity index is 739. The van der Waals surface area contributed by atoms with Crippen LogP contribution >= 0.6 is 0 Å². The molecule has 0 aliphatic heterocycles. The molecule has 0 amide bonds. The molecule has 3 rings (SSSR count). The molecular formula is C18H20N2Sn. The molecule has 0 N–H and O–H groups in total. The third-order valence-corrected chi connectivity index (χ3v) is 7.20. The molecule has 0 saturated heterocycles. The van der Waals surface area contributed by atoms with Gasteiger partial charge in [-0.25, -0.2) is 0 Å². The zero-order chi connectivity index (χ0) is 14.9. The van der Waals surface area contributed by atoms with Crippen LogP contribution in [0.1, 0.15) is 26.3 Å². The van der Waals surface area contributed by atoms with E-state index in [2.05, 4.69) is 80.1 Å². The zero-order valence-electron chi connectivity index (χ0n) is 12.8. The van der Waals surface area contributed by atoms with Crippen molar-refractivity contribution < 1.29 is 0 Å². The van der Waals surface area contributed by atoms with E-state index < -0.39 is 21.1 Å². The summed E-state index contributed by atoms with van der Waals surface area (Å²) in [6.45, 7) is 7.86. The van der Waals surface area contributed by atoms with Crippen LogP contribution in [0.5, 0.6) is 0 Å². The van der Waals surface area contributed by atoms with Gasteiger partial charge in [0.15, 0.2) is 0 Å². The number of para-hydroxylation sites is 1. The predicted molar refractivity (Wildman–Crippen MR) is 90.4 cm³/mol.